The molecule has 2 aliphatic rings. The van der Waals surface area contributed by atoms with Gasteiger partial charge in [0.1, 0.15) is 17.2 Å². The van der Waals surface area contributed by atoms with E-state index in [2.05, 4.69) is 5.32 Å². The molecular formula is C22H24N2O4. The number of hydrogen-bond donors (Lipinski definition) is 1. The van der Waals surface area contributed by atoms with Gasteiger partial charge in [0.05, 0.1) is 14.2 Å². The van der Waals surface area contributed by atoms with Crippen LogP contribution in [0.4, 0.5) is 4.79 Å². The summed E-state index contributed by atoms with van der Waals surface area (Å²) in [6.07, 6.45) is 6.77. The fourth-order valence-electron chi connectivity index (χ4n) is 4.22. The first kappa shape index (κ1) is 18.3. The van der Waals surface area contributed by atoms with E-state index >= 15 is 0 Å². The Kier molecular flexibility index (Phi) is 4.94. The van der Waals surface area contributed by atoms with Gasteiger partial charge in [-0.2, -0.15) is 0 Å². The van der Waals surface area contributed by atoms with Crippen LogP contribution in [0.25, 0.3) is 16.8 Å². The van der Waals surface area contributed by atoms with Crippen LogP contribution in [0.5, 0.6) is 11.5 Å². The van der Waals surface area contributed by atoms with Crippen molar-refractivity contribution in [1.29, 1.82) is 0 Å². The molecule has 146 valence electrons. The van der Waals surface area contributed by atoms with Crippen LogP contribution in [0.15, 0.2) is 36.0 Å². The van der Waals surface area contributed by atoms with Crippen LogP contribution < -0.4 is 14.8 Å². The summed E-state index contributed by atoms with van der Waals surface area (Å²) in [4.78, 5) is 26.8. The Morgan fingerprint density at radius 1 is 1.00 bits per heavy atom. The predicted octanol–water partition coefficient (Wildman–Crippen LogP) is 4.08. The summed E-state index contributed by atoms with van der Waals surface area (Å²) in [7, 11) is 3.23. The second kappa shape index (κ2) is 7.54. The normalized spacial score (nSPS) is 19.4. The molecule has 1 aliphatic heterocycles. The highest BCUT2D eigenvalue weighted by Gasteiger charge is 2.39. The number of carbonyl (C=O) groups is 2. The van der Waals surface area contributed by atoms with Crippen LogP contribution in [0, 0.1) is 0 Å². The maximum atomic E-state index is 13.0. The van der Waals surface area contributed by atoms with Gasteiger partial charge in [-0.05, 0) is 36.6 Å². The predicted molar refractivity (Wildman–Crippen MR) is 107 cm³/mol. The molecule has 6 nitrogen and oxygen atoms in total. The highest BCUT2D eigenvalue weighted by Crippen LogP contribution is 2.36. The maximum Gasteiger partial charge on any atom is 0.329 e. The van der Waals surface area contributed by atoms with Crippen LogP contribution in [0.2, 0.25) is 0 Å². The molecule has 0 aromatic heterocycles. The van der Waals surface area contributed by atoms with Crippen LogP contribution in [-0.4, -0.2) is 37.1 Å². The molecule has 4 rings (SSSR count). The molecule has 6 heteroatoms. The summed E-state index contributed by atoms with van der Waals surface area (Å²) in [6, 6.07) is 9.11. The molecule has 28 heavy (non-hydrogen) atoms. The number of carbonyl (C=O) groups excluding carboxylic acids is 2. The standard InChI is InChI=1S/C22H24N2O4/c1-27-18-12-11-14(20-16(18)9-6-10-19(20)28-2)13-17-21(25)24(22(26)23-17)15-7-4-3-5-8-15/h6,9-13,15H,3-5,7-8H2,1-2H3,(H,23,26)/b17-13-. The van der Waals surface area contributed by atoms with E-state index in [9.17, 15) is 9.59 Å². The number of ether oxygens (including phenoxy) is 2. The SMILES string of the molecule is COc1ccc(/C=C2\NC(=O)N(C3CCCCC3)C2=O)c2c(OC)cccc12. The van der Waals surface area contributed by atoms with Crippen molar-refractivity contribution in [2.24, 2.45) is 0 Å². The molecule has 1 N–H and O–H groups in total. The number of rotatable bonds is 4. The third-order valence-electron chi connectivity index (χ3n) is 5.58. The van der Waals surface area contributed by atoms with E-state index in [-0.39, 0.29) is 18.0 Å². The van der Waals surface area contributed by atoms with E-state index in [4.69, 9.17) is 9.47 Å². The summed E-state index contributed by atoms with van der Waals surface area (Å²) in [5, 5.41) is 4.49. The Hall–Kier alpha value is -3.02. The van der Waals surface area contributed by atoms with Crippen molar-refractivity contribution in [1.82, 2.24) is 10.2 Å². The molecule has 0 spiro atoms. The Morgan fingerprint density at radius 3 is 2.46 bits per heavy atom. The molecule has 1 aliphatic carbocycles. The van der Waals surface area contributed by atoms with E-state index in [1.54, 1.807) is 20.3 Å². The van der Waals surface area contributed by atoms with E-state index in [1.807, 2.05) is 30.3 Å². The van der Waals surface area contributed by atoms with Gasteiger partial charge in [-0.25, -0.2) is 4.79 Å². The fourth-order valence-corrected chi connectivity index (χ4v) is 4.22. The Labute approximate surface area is 164 Å². The van der Waals surface area contributed by atoms with Crippen molar-refractivity contribution >= 4 is 28.8 Å². The number of imide groups is 1. The smallest absolute Gasteiger partial charge is 0.329 e. The first-order valence-corrected chi connectivity index (χ1v) is 9.64. The number of fused-ring (bicyclic) bond motifs is 1. The highest BCUT2D eigenvalue weighted by molar-refractivity contribution is 6.15. The lowest BCUT2D eigenvalue weighted by Gasteiger charge is -2.28. The van der Waals surface area contributed by atoms with E-state index < -0.39 is 0 Å². The van der Waals surface area contributed by atoms with Gasteiger partial charge in [-0.15, -0.1) is 0 Å². The zero-order valence-corrected chi connectivity index (χ0v) is 16.2. The van der Waals surface area contributed by atoms with Crippen molar-refractivity contribution in [2.45, 2.75) is 38.1 Å². The molecule has 1 saturated heterocycles. The summed E-state index contributed by atoms with van der Waals surface area (Å²) in [5.74, 6) is 1.15. The van der Waals surface area contributed by atoms with Crippen molar-refractivity contribution in [3.63, 3.8) is 0 Å². The molecule has 1 heterocycles. The zero-order chi connectivity index (χ0) is 19.7. The fraction of sp³-hybridized carbons (Fsp3) is 0.364. The molecule has 0 bridgehead atoms. The van der Waals surface area contributed by atoms with Crippen molar-refractivity contribution < 1.29 is 19.1 Å². The lowest BCUT2D eigenvalue weighted by atomic mass is 9.94. The number of methoxy groups -OCH3 is 2. The largest absolute Gasteiger partial charge is 0.496 e. The van der Waals surface area contributed by atoms with Gasteiger partial charge in [-0.1, -0.05) is 37.5 Å². The molecule has 3 amide bonds. The van der Waals surface area contributed by atoms with Gasteiger partial charge < -0.3 is 14.8 Å². The topological polar surface area (TPSA) is 67.9 Å². The molecular weight excluding hydrogens is 356 g/mol. The van der Waals surface area contributed by atoms with Crippen LogP contribution in [-0.2, 0) is 4.79 Å². The summed E-state index contributed by atoms with van der Waals surface area (Å²) in [6.45, 7) is 0. The quantitative estimate of drug-likeness (QED) is 0.641. The van der Waals surface area contributed by atoms with E-state index in [0.717, 1.165) is 47.8 Å². The monoisotopic (exact) mass is 380 g/mol. The van der Waals surface area contributed by atoms with Gasteiger partial charge >= 0.3 is 6.03 Å². The molecule has 2 aromatic carbocycles. The highest BCUT2D eigenvalue weighted by atomic mass is 16.5. The number of nitrogens with one attached hydrogen (secondary N) is 1. The second-order valence-electron chi connectivity index (χ2n) is 7.20. The molecule has 0 unspecified atom stereocenters. The van der Waals surface area contributed by atoms with Gasteiger partial charge in [0.25, 0.3) is 5.91 Å². The van der Waals surface area contributed by atoms with Gasteiger partial charge in [-0.3, -0.25) is 9.69 Å². The molecule has 0 radical (unpaired) electrons. The Balaban J connectivity index is 1.76. The van der Waals surface area contributed by atoms with Gasteiger partial charge in [0.2, 0.25) is 0 Å². The number of hydrogen-bond acceptors (Lipinski definition) is 4. The number of urea groups is 1. The van der Waals surface area contributed by atoms with Crippen LogP contribution in [0.1, 0.15) is 37.7 Å². The number of nitrogens with zero attached hydrogens (tertiary/aromatic N) is 1. The lowest BCUT2D eigenvalue weighted by molar-refractivity contribution is -0.124. The van der Waals surface area contributed by atoms with E-state index in [1.165, 1.54) is 11.3 Å². The second-order valence-corrected chi connectivity index (χ2v) is 7.20. The number of amides is 3. The maximum absolute atomic E-state index is 13.0. The average Bonchev–Trinajstić information content (AvgIpc) is 3.01. The Bertz CT molecular complexity index is 960. The minimum atomic E-state index is -0.326. The molecule has 2 aromatic rings. The molecule has 0 atom stereocenters. The summed E-state index contributed by atoms with van der Waals surface area (Å²) >= 11 is 0. The minimum Gasteiger partial charge on any atom is -0.496 e. The zero-order valence-electron chi connectivity index (χ0n) is 16.2. The third kappa shape index (κ3) is 3.09. The lowest BCUT2D eigenvalue weighted by Crippen LogP contribution is -2.41. The van der Waals surface area contributed by atoms with Gasteiger partial charge in [0.15, 0.2) is 0 Å². The van der Waals surface area contributed by atoms with Crippen molar-refractivity contribution in [3.05, 3.63) is 41.6 Å². The summed E-state index contributed by atoms with van der Waals surface area (Å²) in [5.41, 5.74) is 1.09. The summed E-state index contributed by atoms with van der Waals surface area (Å²) < 4.78 is 11.0. The van der Waals surface area contributed by atoms with E-state index in [0.29, 0.717) is 11.4 Å². The van der Waals surface area contributed by atoms with Crippen LogP contribution in [0.3, 0.4) is 0 Å². The minimum absolute atomic E-state index is 0.00528. The molecule has 2 fully saturated rings. The Morgan fingerprint density at radius 2 is 1.75 bits per heavy atom. The van der Waals surface area contributed by atoms with Crippen molar-refractivity contribution in [3.8, 4) is 11.5 Å². The first-order valence-electron chi connectivity index (χ1n) is 9.64. The van der Waals surface area contributed by atoms with Crippen molar-refractivity contribution in [2.75, 3.05) is 14.2 Å². The van der Waals surface area contributed by atoms with Gasteiger partial charge in [0, 0.05) is 16.8 Å². The average molecular weight is 380 g/mol. The first-order chi connectivity index (χ1) is 13.6. The molecule has 1 saturated carbocycles. The third-order valence-corrected chi connectivity index (χ3v) is 5.58. The number of benzene rings is 2. The van der Waals surface area contributed by atoms with Crippen LogP contribution >= 0.6 is 0 Å².